The molecule has 0 heterocycles. The SMILES string of the molecule is CCCCc1cc(C2(c3cc(CCCC)c(O)c(CCCC)c3)c3ccccc3-c3ccccc32)cc(CCCC)c1O. The molecule has 0 bridgehead atoms. The average Bonchev–Trinajstić information content (AvgIpc) is 3.34. The molecule has 0 fully saturated rings. The minimum absolute atomic E-state index is 0.485. The smallest absolute Gasteiger partial charge is 0.121 e. The molecule has 0 unspecified atom stereocenters. The lowest BCUT2D eigenvalue weighted by molar-refractivity contribution is 0.457. The molecule has 2 heteroatoms. The molecule has 0 radical (unpaired) electrons. The van der Waals surface area contributed by atoms with E-state index in [1.807, 2.05) is 0 Å². The van der Waals surface area contributed by atoms with Gasteiger partial charge in [-0.1, -0.05) is 126 Å². The Bertz CT molecular complexity index is 1370. The Morgan fingerprint density at radius 2 is 0.767 bits per heavy atom. The molecule has 4 aromatic rings. The van der Waals surface area contributed by atoms with E-state index in [0.29, 0.717) is 11.5 Å². The van der Waals surface area contributed by atoms with Gasteiger partial charge in [0.25, 0.3) is 0 Å². The first-order chi connectivity index (χ1) is 21.0. The molecule has 0 saturated heterocycles. The third-order valence-electron chi connectivity index (χ3n) is 9.55. The summed E-state index contributed by atoms with van der Waals surface area (Å²) >= 11 is 0. The van der Waals surface area contributed by atoms with Crippen molar-refractivity contribution < 1.29 is 10.2 Å². The summed E-state index contributed by atoms with van der Waals surface area (Å²) in [5, 5.41) is 23.1. The van der Waals surface area contributed by atoms with Gasteiger partial charge in [0.1, 0.15) is 11.5 Å². The van der Waals surface area contributed by atoms with Crippen molar-refractivity contribution in [1.29, 1.82) is 0 Å². The summed E-state index contributed by atoms with van der Waals surface area (Å²) in [6.07, 6.45) is 12.0. The first kappa shape index (κ1) is 30.9. The molecule has 0 aliphatic heterocycles. The van der Waals surface area contributed by atoms with Crippen molar-refractivity contribution in [2.75, 3.05) is 0 Å². The van der Waals surface area contributed by atoms with E-state index in [9.17, 15) is 10.2 Å². The van der Waals surface area contributed by atoms with Crippen LogP contribution in [-0.4, -0.2) is 10.2 Å². The Hall–Kier alpha value is -3.52. The van der Waals surface area contributed by atoms with Crippen molar-refractivity contribution in [2.45, 2.75) is 110 Å². The lowest BCUT2D eigenvalue weighted by Gasteiger charge is -2.36. The maximum Gasteiger partial charge on any atom is 0.121 e. The fraction of sp³-hybridized carbons (Fsp3) is 0.415. The highest BCUT2D eigenvalue weighted by atomic mass is 16.3. The molecule has 0 aromatic heterocycles. The largest absolute Gasteiger partial charge is 0.507 e. The van der Waals surface area contributed by atoms with Gasteiger partial charge in [0.2, 0.25) is 0 Å². The van der Waals surface area contributed by atoms with E-state index >= 15 is 0 Å². The molecule has 226 valence electrons. The molecule has 1 aliphatic carbocycles. The number of aromatic hydroxyl groups is 2. The van der Waals surface area contributed by atoms with Crippen LogP contribution in [0.2, 0.25) is 0 Å². The third kappa shape index (κ3) is 5.74. The molecule has 0 amide bonds. The predicted octanol–water partition coefficient (Wildman–Crippen LogP) is 10.8. The third-order valence-corrected chi connectivity index (χ3v) is 9.55. The van der Waals surface area contributed by atoms with Crippen LogP contribution in [0.3, 0.4) is 0 Å². The second-order valence-corrected chi connectivity index (χ2v) is 12.5. The quantitative estimate of drug-likeness (QED) is 0.138. The highest BCUT2D eigenvalue weighted by Gasteiger charge is 2.47. The van der Waals surface area contributed by atoms with E-state index in [1.165, 1.54) is 33.4 Å². The Balaban J connectivity index is 1.90. The second kappa shape index (κ2) is 13.8. The van der Waals surface area contributed by atoms with Crippen molar-refractivity contribution in [2.24, 2.45) is 0 Å². The van der Waals surface area contributed by atoms with Crippen LogP contribution in [0.25, 0.3) is 11.1 Å². The molecule has 0 atom stereocenters. The molecule has 5 rings (SSSR count). The number of hydrogen-bond acceptors (Lipinski definition) is 2. The van der Waals surface area contributed by atoms with Crippen molar-refractivity contribution in [3.63, 3.8) is 0 Å². The molecule has 0 spiro atoms. The van der Waals surface area contributed by atoms with Crippen LogP contribution in [0.4, 0.5) is 0 Å². The maximum atomic E-state index is 11.5. The number of rotatable bonds is 14. The number of benzene rings is 4. The van der Waals surface area contributed by atoms with Crippen molar-refractivity contribution >= 4 is 0 Å². The van der Waals surface area contributed by atoms with Crippen LogP contribution in [0.5, 0.6) is 11.5 Å². The summed E-state index contributed by atoms with van der Waals surface area (Å²) in [5.41, 5.74) is 11.3. The zero-order valence-corrected chi connectivity index (χ0v) is 26.8. The Morgan fingerprint density at radius 3 is 1.07 bits per heavy atom. The lowest BCUT2D eigenvalue weighted by atomic mass is 9.66. The number of phenolic OH excluding ortho intramolecular Hbond substituents is 2. The number of fused-ring (bicyclic) bond motifs is 3. The average molecular weight is 575 g/mol. The van der Waals surface area contributed by atoms with E-state index < -0.39 is 5.41 Å². The minimum Gasteiger partial charge on any atom is -0.507 e. The van der Waals surface area contributed by atoms with Gasteiger partial charge in [0, 0.05) is 0 Å². The lowest BCUT2D eigenvalue weighted by Crippen LogP contribution is -2.29. The standard InChI is InChI=1S/C41H50O2/c1-5-9-17-29-25-33(26-30(39(29)42)18-10-6-2)41(37-23-15-13-21-35(37)36-22-14-16-24-38(36)41)34-27-31(19-11-7-3)40(43)32(28-34)20-12-8-4/h13-16,21-28,42-43H,5-12,17-20H2,1-4H3. The zero-order valence-electron chi connectivity index (χ0n) is 26.8. The van der Waals surface area contributed by atoms with Gasteiger partial charge in [-0.2, -0.15) is 0 Å². The van der Waals surface area contributed by atoms with Crippen LogP contribution in [-0.2, 0) is 31.1 Å². The molecule has 43 heavy (non-hydrogen) atoms. The van der Waals surface area contributed by atoms with E-state index in [0.717, 1.165) is 99.3 Å². The van der Waals surface area contributed by atoms with Crippen LogP contribution in [0.1, 0.15) is 124 Å². The molecule has 4 aromatic carbocycles. The summed E-state index contributed by atoms with van der Waals surface area (Å²) < 4.78 is 0. The van der Waals surface area contributed by atoms with E-state index in [-0.39, 0.29) is 0 Å². The Morgan fingerprint density at radius 1 is 0.465 bits per heavy atom. The number of hydrogen-bond donors (Lipinski definition) is 2. The fourth-order valence-electron chi connectivity index (χ4n) is 7.21. The van der Waals surface area contributed by atoms with E-state index in [2.05, 4.69) is 100 Å². The number of unbranched alkanes of at least 4 members (excludes halogenated alkanes) is 4. The molecule has 1 aliphatic rings. The summed E-state index contributed by atoms with van der Waals surface area (Å²) in [6, 6.07) is 27.0. The van der Waals surface area contributed by atoms with Gasteiger partial charge in [-0.05, 0) is 107 Å². The van der Waals surface area contributed by atoms with E-state index in [1.54, 1.807) is 0 Å². The van der Waals surface area contributed by atoms with Crippen molar-refractivity contribution in [1.82, 2.24) is 0 Å². The molecule has 2 N–H and O–H groups in total. The molecule has 0 saturated carbocycles. The van der Waals surface area contributed by atoms with Crippen LogP contribution >= 0.6 is 0 Å². The first-order valence-electron chi connectivity index (χ1n) is 16.9. The van der Waals surface area contributed by atoms with Gasteiger partial charge in [-0.3, -0.25) is 0 Å². The van der Waals surface area contributed by atoms with Gasteiger partial charge in [-0.15, -0.1) is 0 Å². The highest BCUT2D eigenvalue weighted by molar-refractivity contribution is 5.86. The summed E-state index contributed by atoms with van der Waals surface area (Å²) in [5.74, 6) is 0.969. The van der Waals surface area contributed by atoms with Gasteiger partial charge < -0.3 is 10.2 Å². The minimum atomic E-state index is -0.543. The number of aryl methyl sites for hydroxylation is 4. The van der Waals surface area contributed by atoms with E-state index in [4.69, 9.17) is 0 Å². The zero-order chi connectivity index (χ0) is 30.4. The topological polar surface area (TPSA) is 40.5 Å². The van der Waals surface area contributed by atoms with Crippen molar-refractivity contribution in [3.8, 4) is 22.6 Å². The van der Waals surface area contributed by atoms with Gasteiger partial charge in [0.15, 0.2) is 0 Å². The van der Waals surface area contributed by atoms with Gasteiger partial charge in [-0.25, -0.2) is 0 Å². The summed E-state index contributed by atoms with van der Waals surface area (Å²) in [6.45, 7) is 8.87. The summed E-state index contributed by atoms with van der Waals surface area (Å²) in [4.78, 5) is 0. The second-order valence-electron chi connectivity index (χ2n) is 12.5. The number of phenols is 2. The Kier molecular flexibility index (Phi) is 9.96. The first-order valence-corrected chi connectivity index (χ1v) is 16.9. The van der Waals surface area contributed by atoms with Crippen molar-refractivity contribution in [3.05, 3.63) is 117 Å². The van der Waals surface area contributed by atoms with Crippen LogP contribution in [0, 0.1) is 0 Å². The van der Waals surface area contributed by atoms with Gasteiger partial charge >= 0.3 is 0 Å². The van der Waals surface area contributed by atoms with Crippen LogP contribution < -0.4 is 0 Å². The van der Waals surface area contributed by atoms with Gasteiger partial charge in [0.05, 0.1) is 5.41 Å². The summed E-state index contributed by atoms with van der Waals surface area (Å²) in [7, 11) is 0. The van der Waals surface area contributed by atoms with Crippen LogP contribution in [0.15, 0.2) is 72.8 Å². The predicted molar refractivity (Wildman–Crippen MR) is 182 cm³/mol. The fourth-order valence-corrected chi connectivity index (χ4v) is 7.21. The monoisotopic (exact) mass is 574 g/mol. The highest BCUT2D eigenvalue weighted by Crippen LogP contribution is 2.57. The Labute approximate surface area is 259 Å². The molecular weight excluding hydrogens is 524 g/mol. The molecule has 2 nitrogen and oxygen atoms in total. The molecular formula is C41H50O2. The maximum absolute atomic E-state index is 11.5. The normalized spacial score (nSPS) is 13.2.